The Hall–Kier alpha value is -1.56. The summed E-state index contributed by atoms with van der Waals surface area (Å²) in [6, 6.07) is 5.26. The number of amides is 1. The van der Waals surface area contributed by atoms with E-state index in [9.17, 15) is 18.0 Å². The molecule has 0 aliphatic rings. The van der Waals surface area contributed by atoms with E-state index in [-0.39, 0.29) is 18.0 Å². The minimum atomic E-state index is -4.40. The van der Waals surface area contributed by atoms with Crippen LogP contribution >= 0.6 is 0 Å². The number of halogens is 3. The quantitative estimate of drug-likeness (QED) is 0.757. The van der Waals surface area contributed by atoms with E-state index in [0.717, 1.165) is 19.2 Å². The fourth-order valence-corrected chi connectivity index (χ4v) is 1.78. The lowest BCUT2D eigenvalue weighted by Gasteiger charge is -2.13. The van der Waals surface area contributed by atoms with Crippen LogP contribution in [0.15, 0.2) is 24.3 Å². The molecule has 0 saturated carbocycles. The van der Waals surface area contributed by atoms with Gasteiger partial charge in [-0.1, -0.05) is 25.1 Å². The van der Waals surface area contributed by atoms with Crippen molar-refractivity contribution in [3.05, 3.63) is 35.4 Å². The Morgan fingerprint density at radius 3 is 2.60 bits per heavy atom. The smallest absolute Gasteiger partial charge is 0.352 e. The van der Waals surface area contributed by atoms with Gasteiger partial charge in [0.25, 0.3) is 0 Å². The predicted octanol–water partition coefficient (Wildman–Crippen LogP) is 2.71. The molecule has 20 heavy (non-hydrogen) atoms. The average molecular weight is 288 g/mol. The van der Waals surface area contributed by atoms with Gasteiger partial charge in [0.2, 0.25) is 5.91 Å². The summed E-state index contributed by atoms with van der Waals surface area (Å²) in [7, 11) is 0. The second kappa shape index (κ2) is 7.89. The summed E-state index contributed by atoms with van der Waals surface area (Å²) in [5.41, 5.74) is -0.618. The first kappa shape index (κ1) is 16.5. The summed E-state index contributed by atoms with van der Waals surface area (Å²) in [4.78, 5) is 11.5. The number of rotatable bonds is 7. The van der Waals surface area contributed by atoms with Gasteiger partial charge in [0.05, 0.1) is 5.56 Å². The van der Waals surface area contributed by atoms with Crippen molar-refractivity contribution in [2.75, 3.05) is 13.1 Å². The lowest BCUT2D eigenvalue weighted by Crippen LogP contribution is -2.25. The van der Waals surface area contributed by atoms with E-state index in [0.29, 0.717) is 12.8 Å². The number of nitrogens with one attached hydrogen (secondary N) is 2. The van der Waals surface area contributed by atoms with Crippen molar-refractivity contribution in [3.63, 3.8) is 0 Å². The molecule has 0 aliphatic heterocycles. The van der Waals surface area contributed by atoms with Crippen molar-refractivity contribution in [1.82, 2.24) is 10.6 Å². The van der Waals surface area contributed by atoms with Crippen molar-refractivity contribution in [2.45, 2.75) is 32.5 Å². The molecule has 0 atom stereocenters. The van der Waals surface area contributed by atoms with E-state index >= 15 is 0 Å². The van der Waals surface area contributed by atoms with Crippen molar-refractivity contribution in [3.8, 4) is 0 Å². The largest absolute Gasteiger partial charge is 0.416 e. The maximum absolute atomic E-state index is 12.7. The number of carbonyl (C=O) groups excluding carboxylic acids is 1. The highest BCUT2D eigenvalue weighted by Crippen LogP contribution is 2.31. The molecule has 112 valence electrons. The highest BCUT2D eigenvalue weighted by atomic mass is 19.4. The fraction of sp³-hybridized carbons (Fsp3) is 0.500. The highest BCUT2D eigenvalue weighted by Gasteiger charge is 2.32. The van der Waals surface area contributed by atoms with Gasteiger partial charge in [-0.3, -0.25) is 4.79 Å². The number of hydrogen-bond acceptors (Lipinski definition) is 2. The van der Waals surface area contributed by atoms with Crippen LogP contribution in [-0.2, 0) is 17.5 Å². The minimum Gasteiger partial charge on any atom is -0.352 e. The van der Waals surface area contributed by atoms with Crippen LogP contribution in [0.4, 0.5) is 13.2 Å². The van der Waals surface area contributed by atoms with E-state index in [1.807, 2.05) is 6.92 Å². The molecule has 0 fully saturated rings. The van der Waals surface area contributed by atoms with Crippen molar-refractivity contribution < 1.29 is 18.0 Å². The number of hydrogen-bond donors (Lipinski definition) is 2. The van der Waals surface area contributed by atoms with E-state index in [4.69, 9.17) is 0 Å². The molecule has 0 radical (unpaired) electrons. The molecule has 0 heterocycles. The Morgan fingerprint density at radius 1 is 1.25 bits per heavy atom. The van der Waals surface area contributed by atoms with Gasteiger partial charge in [-0.25, -0.2) is 0 Å². The Kier molecular flexibility index (Phi) is 6.51. The molecule has 0 aromatic heterocycles. The van der Waals surface area contributed by atoms with Gasteiger partial charge < -0.3 is 10.6 Å². The Balaban J connectivity index is 2.48. The van der Waals surface area contributed by atoms with Crippen LogP contribution in [0.2, 0.25) is 0 Å². The van der Waals surface area contributed by atoms with Gasteiger partial charge >= 0.3 is 6.18 Å². The second-order valence-corrected chi connectivity index (χ2v) is 4.39. The van der Waals surface area contributed by atoms with Gasteiger partial charge in [-0.05, 0) is 31.1 Å². The first-order chi connectivity index (χ1) is 9.45. The van der Waals surface area contributed by atoms with Crippen LogP contribution in [0.5, 0.6) is 0 Å². The van der Waals surface area contributed by atoms with Crippen LogP contribution in [0.3, 0.4) is 0 Å². The summed E-state index contributed by atoms with van der Waals surface area (Å²) in [5.74, 6) is -0.236. The third kappa shape index (κ3) is 5.61. The molecule has 0 bridgehead atoms. The fourth-order valence-electron chi connectivity index (χ4n) is 1.78. The summed E-state index contributed by atoms with van der Waals surface area (Å²) in [6.07, 6.45) is -3.42. The van der Waals surface area contributed by atoms with Crippen LogP contribution in [0.25, 0.3) is 0 Å². The summed E-state index contributed by atoms with van der Waals surface area (Å²) in [6.45, 7) is 3.42. The lowest BCUT2D eigenvalue weighted by atomic mass is 10.1. The van der Waals surface area contributed by atoms with Gasteiger partial charge in [-0.15, -0.1) is 0 Å². The van der Waals surface area contributed by atoms with Crippen molar-refractivity contribution >= 4 is 5.91 Å². The minimum absolute atomic E-state index is 0.0834. The van der Waals surface area contributed by atoms with E-state index in [1.165, 1.54) is 18.2 Å². The molecule has 6 heteroatoms. The molecule has 0 spiro atoms. The summed E-state index contributed by atoms with van der Waals surface area (Å²) < 4.78 is 38.2. The molecule has 1 aromatic carbocycles. The molecule has 1 rings (SSSR count). The first-order valence-corrected chi connectivity index (χ1v) is 6.57. The Morgan fingerprint density at radius 2 is 1.95 bits per heavy atom. The molecule has 0 unspecified atom stereocenters. The molecule has 2 N–H and O–H groups in total. The number of benzene rings is 1. The molecular formula is C14H19F3N2O. The average Bonchev–Trinajstić information content (AvgIpc) is 2.40. The molecule has 3 nitrogen and oxygen atoms in total. The van der Waals surface area contributed by atoms with Crippen LogP contribution in [0.1, 0.15) is 30.9 Å². The molecule has 0 aliphatic carbocycles. The van der Waals surface area contributed by atoms with Crippen LogP contribution < -0.4 is 10.6 Å². The van der Waals surface area contributed by atoms with Crippen molar-refractivity contribution in [1.29, 1.82) is 0 Å². The van der Waals surface area contributed by atoms with Gasteiger partial charge in [-0.2, -0.15) is 13.2 Å². The normalized spacial score (nSPS) is 11.4. The summed E-state index contributed by atoms with van der Waals surface area (Å²) in [5, 5.41) is 5.60. The maximum Gasteiger partial charge on any atom is 0.416 e. The van der Waals surface area contributed by atoms with Crippen LogP contribution in [0, 0.1) is 0 Å². The van der Waals surface area contributed by atoms with E-state index < -0.39 is 11.7 Å². The number of carbonyl (C=O) groups is 1. The third-order valence-electron chi connectivity index (χ3n) is 2.81. The molecule has 1 aromatic rings. The zero-order valence-corrected chi connectivity index (χ0v) is 11.4. The van der Waals surface area contributed by atoms with Gasteiger partial charge in [0.15, 0.2) is 0 Å². The maximum atomic E-state index is 12.7. The Labute approximate surface area is 116 Å². The standard InChI is InChI=1S/C14H19F3N2O/c1-2-18-9-5-8-13(20)19-10-11-6-3-4-7-12(11)14(15,16)17/h3-4,6-7,18H,2,5,8-10H2,1H3,(H,19,20). The zero-order chi connectivity index (χ0) is 15.0. The SMILES string of the molecule is CCNCCCC(=O)NCc1ccccc1C(F)(F)F. The highest BCUT2D eigenvalue weighted by molar-refractivity contribution is 5.75. The first-order valence-electron chi connectivity index (χ1n) is 6.57. The molecule has 1 amide bonds. The van der Waals surface area contributed by atoms with E-state index in [2.05, 4.69) is 10.6 Å². The molecule has 0 saturated heterocycles. The van der Waals surface area contributed by atoms with E-state index in [1.54, 1.807) is 0 Å². The monoisotopic (exact) mass is 288 g/mol. The van der Waals surface area contributed by atoms with Gasteiger partial charge in [0.1, 0.15) is 0 Å². The predicted molar refractivity (Wildman–Crippen MR) is 71.1 cm³/mol. The number of alkyl halides is 3. The Bertz CT molecular complexity index is 433. The zero-order valence-electron chi connectivity index (χ0n) is 11.4. The van der Waals surface area contributed by atoms with Crippen LogP contribution in [-0.4, -0.2) is 19.0 Å². The summed E-state index contributed by atoms with van der Waals surface area (Å²) >= 11 is 0. The topological polar surface area (TPSA) is 41.1 Å². The van der Waals surface area contributed by atoms with Gasteiger partial charge in [0, 0.05) is 13.0 Å². The third-order valence-corrected chi connectivity index (χ3v) is 2.81. The molecular weight excluding hydrogens is 269 g/mol. The lowest BCUT2D eigenvalue weighted by molar-refractivity contribution is -0.138. The second-order valence-electron chi connectivity index (χ2n) is 4.39. The van der Waals surface area contributed by atoms with Crippen molar-refractivity contribution in [2.24, 2.45) is 0 Å².